The number of likely N-dealkylation sites (tertiary alicyclic amines) is 1. The third-order valence-electron chi connectivity index (χ3n) is 5.58. The lowest BCUT2D eigenvalue weighted by molar-refractivity contribution is 0.152. The number of rotatable bonds is 5. The van der Waals surface area contributed by atoms with Crippen molar-refractivity contribution < 1.29 is 0 Å². The van der Waals surface area contributed by atoms with E-state index < -0.39 is 0 Å². The standard InChI is InChI=1S/C17H34N2/c1-15(2)16-7-6-11-19(12-8-16)14-17(13-18-3)9-4-5-10-17/h15-16,18H,4-14H2,1-3H3. The van der Waals surface area contributed by atoms with Gasteiger partial charge in [0, 0.05) is 13.1 Å². The molecule has 0 aromatic heterocycles. The molecule has 1 aliphatic carbocycles. The molecule has 2 fully saturated rings. The molecule has 1 heterocycles. The van der Waals surface area contributed by atoms with Gasteiger partial charge in [0.1, 0.15) is 0 Å². The fourth-order valence-electron chi connectivity index (χ4n) is 4.37. The molecule has 19 heavy (non-hydrogen) atoms. The second kappa shape index (κ2) is 7.08. The lowest BCUT2D eigenvalue weighted by Gasteiger charge is -2.35. The van der Waals surface area contributed by atoms with Gasteiger partial charge in [-0.3, -0.25) is 0 Å². The zero-order chi connectivity index (χ0) is 13.7. The number of nitrogens with zero attached hydrogens (tertiary/aromatic N) is 1. The van der Waals surface area contributed by atoms with Crippen molar-refractivity contribution >= 4 is 0 Å². The van der Waals surface area contributed by atoms with Gasteiger partial charge < -0.3 is 10.2 Å². The van der Waals surface area contributed by atoms with Gasteiger partial charge in [-0.1, -0.05) is 26.7 Å². The first-order valence-corrected chi connectivity index (χ1v) is 8.52. The molecular weight excluding hydrogens is 232 g/mol. The first kappa shape index (κ1) is 15.3. The molecule has 0 aromatic carbocycles. The van der Waals surface area contributed by atoms with Crippen LogP contribution < -0.4 is 5.32 Å². The van der Waals surface area contributed by atoms with E-state index in [0.29, 0.717) is 5.41 Å². The maximum absolute atomic E-state index is 3.46. The molecule has 1 saturated heterocycles. The smallest absolute Gasteiger partial charge is 0.00501 e. The van der Waals surface area contributed by atoms with Crippen LogP contribution in [0.2, 0.25) is 0 Å². The molecular formula is C17H34N2. The molecule has 1 saturated carbocycles. The average Bonchev–Trinajstić information content (AvgIpc) is 2.68. The van der Waals surface area contributed by atoms with Crippen LogP contribution in [0.1, 0.15) is 58.8 Å². The van der Waals surface area contributed by atoms with E-state index in [9.17, 15) is 0 Å². The monoisotopic (exact) mass is 266 g/mol. The highest BCUT2D eigenvalue weighted by Crippen LogP contribution is 2.39. The van der Waals surface area contributed by atoms with E-state index in [-0.39, 0.29) is 0 Å². The average molecular weight is 266 g/mol. The van der Waals surface area contributed by atoms with Gasteiger partial charge in [-0.25, -0.2) is 0 Å². The summed E-state index contributed by atoms with van der Waals surface area (Å²) in [4.78, 5) is 2.78. The van der Waals surface area contributed by atoms with Crippen molar-refractivity contribution in [3.63, 3.8) is 0 Å². The third-order valence-corrected chi connectivity index (χ3v) is 5.58. The fraction of sp³-hybridized carbons (Fsp3) is 1.00. The van der Waals surface area contributed by atoms with Gasteiger partial charge in [0.2, 0.25) is 0 Å². The van der Waals surface area contributed by atoms with Gasteiger partial charge in [0.05, 0.1) is 0 Å². The first-order valence-electron chi connectivity index (χ1n) is 8.52. The van der Waals surface area contributed by atoms with Crippen molar-refractivity contribution in [1.29, 1.82) is 0 Å². The summed E-state index contributed by atoms with van der Waals surface area (Å²) in [5.74, 6) is 1.84. The summed E-state index contributed by atoms with van der Waals surface area (Å²) in [7, 11) is 2.12. The topological polar surface area (TPSA) is 15.3 Å². The SMILES string of the molecule is CNCC1(CN2CCCC(C(C)C)CC2)CCCC1. The maximum atomic E-state index is 3.46. The van der Waals surface area contributed by atoms with Crippen LogP contribution >= 0.6 is 0 Å². The first-order chi connectivity index (χ1) is 9.15. The molecule has 1 unspecified atom stereocenters. The zero-order valence-corrected chi connectivity index (χ0v) is 13.4. The highest BCUT2D eigenvalue weighted by molar-refractivity contribution is 4.89. The number of nitrogens with one attached hydrogen (secondary N) is 1. The summed E-state index contributed by atoms with van der Waals surface area (Å²) in [6, 6.07) is 0. The Bertz CT molecular complexity index is 256. The second-order valence-electron chi connectivity index (χ2n) is 7.45. The van der Waals surface area contributed by atoms with E-state index in [1.807, 2.05) is 0 Å². The summed E-state index contributed by atoms with van der Waals surface area (Å²) >= 11 is 0. The van der Waals surface area contributed by atoms with Gasteiger partial charge >= 0.3 is 0 Å². The van der Waals surface area contributed by atoms with E-state index in [1.165, 1.54) is 71.1 Å². The van der Waals surface area contributed by atoms with Crippen LogP contribution in [-0.4, -0.2) is 38.1 Å². The Morgan fingerprint density at radius 3 is 2.47 bits per heavy atom. The van der Waals surface area contributed by atoms with Crippen molar-refractivity contribution in [3.05, 3.63) is 0 Å². The van der Waals surface area contributed by atoms with E-state index in [4.69, 9.17) is 0 Å². The second-order valence-corrected chi connectivity index (χ2v) is 7.45. The minimum Gasteiger partial charge on any atom is -0.319 e. The molecule has 2 nitrogen and oxygen atoms in total. The molecule has 2 heteroatoms. The van der Waals surface area contributed by atoms with Crippen LogP contribution in [0.4, 0.5) is 0 Å². The Morgan fingerprint density at radius 1 is 1.11 bits per heavy atom. The van der Waals surface area contributed by atoms with Gasteiger partial charge in [0.25, 0.3) is 0 Å². The van der Waals surface area contributed by atoms with Crippen LogP contribution in [-0.2, 0) is 0 Å². The predicted molar refractivity (Wildman–Crippen MR) is 83.4 cm³/mol. The van der Waals surface area contributed by atoms with Gasteiger partial charge in [0.15, 0.2) is 0 Å². The normalized spacial score (nSPS) is 28.7. The van der Waals surface area contributed by atoms with Crippen LogP contribution in [0.15, 0.2) is 0 Å². The van der Waals surface area contributed by atoms with E-state index in [1.54, 1.807) is 0 Å². The van der Waals surface area contributed by atoms with Crippen LogP contribution in [0.3, 0.4) is 0 Å². The van der Waals surface area contributed by atoms with Crippen molar-refractivity contribution in [2.75, 3.05) is 33.2 Å². The molecule has 1 N–H and O–H groups in total. The van der Waals surface area contributed by atoms with Crippen molar-refractivity contribution in [1.82, 2.24) is 10.2 Å². The molecule has 2 rings (SSSR count). The largest absolute Gasteiger partial charge is 0.319 e. The van der Waals surface area contributed by atoms with E-state index >= 15 is 0 Å². The number of hydrogen-bond donors (Lipinski definition) is 1. The molecule has 1 aliphatic heterocycles. The number of hydrogen-bond acceptors (Lipinski definition) is 2. The molecule has 112 valence electrons. The minimum absolute atomic E-state index is 0.590. The lowest BCUT2D eigenvalue weighted by Crippen LogP contribution is -2.42. The van der Waals surface area contributed by atoms with Gasteiger partial charge in [-0.15, -0.1) is 0 Å². The highest BCUT2D eigenvalue weighted by atomic mass is 15.1. The van der Waals surface area contributed by atoms with E-state index in [2.05, 4.69) is 31.1 Å². The highest BCUT2D eigenvalue weighted by Gasteiger charge is 2.35. The quantitative estimate of drug-likeness (QED) is 0.819. The summed E-state index contributed by atoms with van der Waals surface area (Å²) < 4.78 is 0. The summed E-state index contributed by atoms with van der Waals surface area (Å²) in [5, 5.41) is 3.46. The van der Waals surface area contributed by atoms with Crippen LogP contribution in [0.5, 0.6) is 0 Å². The fourth-order valence-corrected chi connectivity index (χ4v) is 4.37. The Balaban J connectivity index is 1.87. The Kier molecular flexibility index (Phi) is 5.70. The summed E-state index contributed by atoms with van der Waals surface area (Å²) in [6.07, 6.45) is 10.1. The molecule has 0 radical (unpaired) electrons. The zero-order valence-electron chi connectivity index (χ0n) is 13.4. The van der Waals surface area contributed by atoms with Crippen molar-refractivity contribution in [2.24, 2.45) is 17.3 Å². The van der Waals surface area contributed by atoms with Crippen molar-refractivity contribution in [3.8, 4) is 0 Å². The Hall–Kier alpha value is -0.0800. The Labute approximate surface area is 120 Å². The van der Waals surface area contributed by atoms with Crippen molar-refractivity contribution in [2.45, 2.75) is 58.8 Å². The van der Waals surface area contributed by atoms with Crippen LogP contribution in [0.25, 0.3) is 0 Å². The molecule has 0 aromatic rings. The van der Waals surface area contributed by atoms with Crippen LogP contribution in [0, 0.1) is 17.3 Å². The van der Waals surface area contributed by atoms with E-state index in [0.717, 1.165) is 11.8 Å². The maximum Gasteiger partial charge on any atom is 0.00501 e. The third kappa shape index (κ3) is 4.19. The lowest BCUT2D eigenvalue weighted by atomic mass is 9.85. The molecule has 0 amide bonds. The molecule has 2 aliphatic rings. The molecule has 0 spiro atoms. The molecule has 1 atom stereocenters. The summed E-state index contributed by atoms with van der Waals surface area (Å²) in [5.41, 5.74) is 0.590. The van der Waals surface area contributed by atoms with Gasteiger partial charge in [-0.05, 0) is 69.5 Å². The minimum atomic E-state index is 0.590. The Morgan fingerprint density at radius 2 is 1.84 bits per heavy atom. The van der Waals surface area contributed by atoms with Gasteiger partial charge in [-0.2, -0.15) is 0 Å². The summed E-state index contributed by atoms with van der Waals surface area (Å²) in [6.45, 7) is 10.1. The molecule has 0 bridgehead atoms. The predicted octanol–water partition coefficient (Wildman–Crippen LogP) is 3.52.